The van der Waals surface area contributed by atoms with Crippen molar-refractivity contribution in [2.45, 2.75) is 77.0 Å². The quantitative estimate of drug-likeness (QED) is 0.212. The molecule has 0 spiro atoms. The highest BCUT2D eigenvalue weighted by Gasteiger charge is 2.29. The van der Waals surface area contributed by atoms with Gasteiger partial charge in [-0.05, 0) is 75.3 Å². The van der Waals surface area contributed by atoms with Crippen molar-refractivity contribution in [3.05, 3.63) is 37.2 Å². The first-order valence-corrected chi connectivity index (χ1v) is 20.5. The molecule has 0 aliphatic heterocycles. The largest absolute Gasteiger partial charge is 0.356 e. The molecule has 0 saturated heterocycles. The normalized spacial score (nSPS) is 24.8. The van der Waals surface area contributed by atoms with Crippen molar-refractivity contribution in [2.24, 2.45) is 16.2 Å². The van der Waals surface area contributed by atoms with Gasteiger partial charge in [-0.15, -0.1) is 0 Å². The average Bonchev–Trinajstić information content (AvgIpc) is 3.71. The van der Waals surface area contributed by atoms with Crippen LogP contribution in [0.4, 0.5) is 11.6 Å². The zero-order valence-electron chi connectivity index (χ0n) is 27.5. The van der Waals surface area contributed by atoms with Gasteiger partial charge in [-0.2, -0.15) is 0 Å². The lowest BCUT2D eigenvalue weighted by molar-refractivity contribution is 0.342. The van der Waals surface area contributed by atoms with E-state index in [1.165, 1.54) is 0 Å². The van der Waals surface area contributed by atoms with Crippen LogP contribution in [0.5, 0.6) is 0 Å². The third kappa shape index (κ3) is 7.17. The van der Waals surface area contributed by atoms with Crippen molar-refractivity contribution >= 4 is 53.2 Å². The second kappa shape index (κ2) is 13.5. The van der Waals surface area contributed by atoms with E-state index in [2.05, 4.69) is 48.8 Å². The van der Waals surface area contributed by atoms with Gasteiger partial charge in [0.15, 0.2) is 0 Å². The number of aromatic nitrogens is 6. The first-order valence-electron chi connectivity index (χ1n) is 16.5. The Labute approximate surface area is 273 Å². The van der Waals surface area contributed by atoms with Crippen molar-refractivity contribution in [1.29, 1.82) is 4.78 Å². The maximum absolute atomic E-state index is 13.7. The van der Waals surface area contributed by atoms with Crippen LogP contribution in [0.3, 0.4) is 0 Å². The third-order valence-electron chi connectivity index (χ3n) is 10.3. The topological polar surface area (TPSA) is 149 Å². The molecular weight excluding hydrogens is 621 g/mol. The molecule has 0 aromatic carbocycles. The molecule has 6 rings (SSSR count). The second-order valence-electron chi connectivity index (χ2n) is 13.4. The van der Waals surface area contributed by atoms with E-state index in [0.29, 0.717) is 47.8 Å². The van der Waals surface area contributed by atoms with Gasteiger partial charge in [0.05, 0.1) is 10.8 Å². The van der Waals surface area contributed by atoms with E-state index in [1.807, 2.05) is 36.0 Å². The summed E-state index contributed by atoms with van der Waals surface area (Å²) in [4.78, 5) is 25.8. The number of fused-ring (bicyclic) bond motifs is 2. The summed E-state index contributed by atoms with van der Waals surface area (Å²) in [6, 6.07) is 4.80. The Morgan fingerprint density at radius 1 is 0.870 bits per heavy atom. The number of aromatic amines is 1. The molecule has 12 nitrogen and oxygen atoms in total. The van der Waals surface area contributed by atoms with Crippen LogP contribution < -0.4 is 9.80 Å². The molecule has 46 heavy (non-hydrogen) atoms. The average molecular weight is 669 g/mol. The first kappa shape index (κ1) is 32.7. The fourth-order valence-electron chi connectivity index (χ4n) is 7.44. The molecule has 0 radical (unpaired) electrons. The predicted octanol–water partition coefficient (Wildman–Crippen LogP) is 5.51. The summed E-state index contributed by atoms with van der Waals surface area (Å²) in [7, 11) is -0.619. The van der Waals surface area contributed by atoms with E-state index in [-0.39, 0.29) is 0 Å². The number of nitrogens with zero attached hydrogens (tertiary/aromatic N) is 8. The van der Waals surface area contributed by atoms with E-state index >= 15 is 0 Å². The Kier molecular flexibility index (Phi) is 9.56. The van der Waals surface area contributed by atoms with Gasteiger partial charge in [0.1, 0.15) is 42.3 Å². The Bertz CT molecular complexity index is 1880. The van der Waals surface area contributed by atoms with E-state index in [0.717, 1.165) is 85.1 Å². The number of nitrogens with one attached hydrogen (secondary N) is 2. The highest BCUT2D eigenvalue weighted by molar-refractivity contribution is 7.93. The minimum atomic E-state index is -2.45. The molecule has 14 heteroatoms. The van der Waals surface area contributed by atoms with Gasteiger partial charge in [0.25, 0.3) is 0 Å². The van der Waals surface area contributed by atoms with Gasteiger partial charge < -0.3 is 19.4 Å². The van der Waals surface area contributed by atoms with Crippen molar-refractivity contribution in [2.75, 3.05) is 47.4 Å². The molecular formula is C32H48N10O2S2. The van der Waals surface area contributed by atoms with Gasteiger partial charge in [-0.3, -0.25) is 4.78 Å². The third-order valence-corrected chi connectivity index (χ3v) is 14.0. The zero-order valence-corrected chi connectivity index (χ0v) is 29.1. The summed E-state index contributed by atoms with van der Waals surface area (Å²) in [6.07, 6.45) is 17.0. The van der Waals surface area contributed by atoms with Crippen molar-refractivity contribution < 1.29 is 8.42 Å². The standard InChI is InChI=1S/C32H48N10O2S2/c1-5-46(33,44)19-24-8-12-26(13-9-24)41(3)31-28-15-17-42(32(28)38-21-37-31)22-39-45(4,43)18-23-6-10-25(11-7-23)40(2)30-27-14-16-34-29(27)35-20-36-30/h14-17,20-21,23-26,33H,5-13,18-19,22H2,1-4H3,(H,34,35,36)/t23-,24-,25+,26+,45?,46?. The molecule has 4 aromatic rings. The smallest absolute Gasteiger partial charge is 0.147 e. The van der Waals surface area contributed by atoms with Crippen LogP contribution in [0.25, 0.3) is 22.1 Å². The molecule has 2 atom stereocenters. The minimum absolute atomic E-state index is 0.298. The summed E-state index contributed by atoms with van der Waals surface area (Å²) < 4.78 is 40.7. The van der Waals surface area contributed by atoms with Crippen molar-refractivity contribution in [3.8, 4) is 0 Å². The Hall–Kier alpha value is -3.26. The van der Waals surface area contributed by atoms with E-state index in [4.69, 9.17) is 9.14 Å². The van der Waals surface area contributed by atoms with Crippen molar-refractivity contribution in [3.63, 3.8) is 0 Å². The van der Waals surface area contributed by atoms with Gasteiger partial charge in [0.2, 0.25) is 0 Å². The van der Waals surface area contributed by atoms with Crippen LogP contribution in [-0.4, -0.2) is 87.6 Å². The molecule has 2 N–H and O–H groups in total. The molecule has 2 saturated carbocycles. The summed E-state index contributed by atoms with van der Waals surface area (Å²) >= 11 is 0. The summed E-state index contributed by atoms with van der Waals surface area (Å²) in [6.45, 7) is 2.15. The molecule has 4 aromatic heterocycles. The molecule has 0 bridgehead atoms. The van der Waals surface area contributed by atoms with E-state index in [9.17, 15) is 8.42 Å². The molecule has 2 aliphatic carbocycles. The molecule has 4 heterocycles. The Morgan fingerprint density at radius 2 is 1.46 bits per heavy atom. The lowest BCUT2D eigenvalue weighted by atomic mass is 9.86. The molecule has 0 amide bonds. The predicted molar refractivity (Wildman–Crippen MR) is 187 cm³/mol. The molecule has 2 fully saturated rings. The fraction of sp³-hybridized carbons (Fsp3) is 0.625. The maximum Gasteiger partial charge on any atom is 0.147 e. The number of hydrogen-bond donors (Lipinski definition) is 2. The summed E-state index contributed by atoms with van der Waals surface area (Å²) in [5, 5.41) is 2.01. The van der Waals surface area contributed by atoms with Gasteiger partial charge in [-0.25, -0.2) is 32.7 Å². The highest BCUT2D eigenvalue weighted by Crippen LogP contribution is 2.34. The van der Waals surface area contributed by atoms with Crippen LogP contribution in [0.2, 0.25) is 0 Å². The molecule has 250 valence electrons. The van der Waals surface area contributed by atoms with Crippen LogP contribution in [0.15, 0.2) is 41.5 Å². The fourth-order valence-corrected chi connectivity index (χ4v) is 10.5. The van der Waals surface area contributed by atoms with Crippen molar-refractivity contribution in [1.82, 2.24) is 29.5 Å². The zero-order chi connectivity index (χ0) is 32.5. The van der Waals surface area contributed by atoms with Crippen LogP contribution in [0, 0.1) is 16.6 Å². The Morgan fingerprint density at radius 3 is 2.09 bits per heavy atom. The van der Waals surface area contributed by atoms with Crippen LogP contribution in [-0.2, 0) is 26.1 Å². The maximum atomic E-state index is 13.7. The number of H-pyrrole nitrogens is 1. The summed E-state index contributed by atoms with van der Waals surface area (Å²) in [5.74, 6) is 4.16. The monoisotopic (exact) mass is 668 g/mol. The van der Waals surface area contributed by atoms with E-state index in [1.54, 1.807) is 18.9 Å². The minimum Gasteiger partial charge on any atom is -0.356 e. The lowest BCUT2D eigenvalue weighted by Crippen LogP contribution is -2.37. The molecule has 2 aliphatic rings. The van der Waals surface area contributed by atoms with Gasteiger partial charge >= 0.3 is 0 Å². The van der Waals surface area contributed by atoms with E-state index < -0.39 is 19.5 Å². The number of rotatable bonds is 11. The van der Waals surface area contributed by atoms with Gasteiger partial charge in [0, 0.05) is 81.5 Å². The first-order chi connectivity index (χ1) is 22.0. The second-order valence-corrected chi connectivity index (χ2v) is 18.4. The van der Waals surface area contributed by atoms with Crippen LogP contribution >= 0.6 is 0 Å². The SMILES string of the molecule is CCS(=N)(=O)C[C@H]1CC[C@@H](N(C)c2ncnc3c2ccn3CN=S(C)(=O)C[C@H]2CC[C@@H](N(C)c3ncnc4[nH]ccc34)CC2)CC1. The van der Waals surface area contributed by atoms with Gasteiger partial charge in [-0.1, -0.05) is 6.92 Å². The Balaban J connectivity index is 1.05. The lowest BCUT2D eigenvalue weighted by Gasteiger charge is -2.35. The molecule has 2 unspecified atom stereocenters. The number of hydrogen-bond acceptors (Lipinski definition) is 10. The summed E-state index contributed by atoms with van der Waals surface area (Å²) in [5.41, 5.74) is 1.65. The highest BCUT2D eigenvalue weighted by atomic mass is 32.2. The van der Waals surface area contributed by atoms with Crippen LogP contribution in [0.1, 0.15) is 58.3 Å². The number of anilines is 2.